The van der Waals surface area contributed by atoms with Crippen LogP contribution < -0.4 is 0 Å². The fraction of sp³-hybridized carbons (Fsp3) is 0. The summed E-state index contributed by atoms with van der Waals surface area (Å²) in [5, 5.41) is 0. The SMILES string of the molecule is Cl.Cl.P.[Zr]. The van der Waals surface area contributed by atoms with E-state index in [1.54, 1.807) is 0 Å². The molecule has 0 nitrogen and oxygen atoms in total. The van der Waals surface area contributed by atoms with E-state index in [1.165, 1.54) is 0 Å². The van der Waals surface area contributed by atoms with E-state index in [-0.39, 0.29) is 60.9 Å². The van der Waals surface area contributed by atoms with Crippen LogP contribution in [0.4, 0.5) is 0 Å². The molecule has 1 unspecified atom stereocenters. The van der Waals surface area contributed by atoms with Gasteiger partial charge in [0.15, 0.2) is 0 Å². The summed E-state index contributed by atoms with van der Waals surface area (Å²) in [6.45, 7) is 0. The van der Waals surface area contributed by atoms with Gasteiger partial charge in [-0.1, -0.05) is 0 Å². The fourth-order valence-electron chi connectivity index (χ4n) is 0. The Balaban J connectivity index is 0. The van der Waals surface area contributed by atoms with Gasteiger partial charge in [-0.15, -0.1) is 24.8 Å². The number of hydrogen-bond acceptors (Lipinski definition) is 0. The summed E-state index contributed by atoms with van der Waals surface area (Å²) >= 11 is 0. The monoisotopic (exact) mass is 196 g/mol. The summed E-state index contributed by atoms with van der Waals surface area (Å²) in [4.78, 5) is 0. The quantitative estimate of drug-likeness (QED) is 0.507. The van der Waals surface area contributed by atoms with Crippen LogP contribution in [0.15, 0.2) is 0 Å². The van der Waals surface area contributed by atoms with Crippen molar-refractivity contribution in [2.75, 3.05) is 0 Å². The maximum absolute atomic E-state index is 0. The van der Waals surface area contributed by atoms with E-state index in [0.717, 1.165) is 0 Å². The first kappa shape index (κ1) is 39.4. The second kappa shape index (κ2) is 20.7. The minimum atomic E-state index is 0. The Morgan fingerprint density at radius 3 is 0.750 bits per heavy atom. The van der Waals surface area contributed by atoms with Crippen molar-refractivity contribution in [1.29, 1.82) is 0 Å². The van der Waals surface area contributed by atoms with Gasteiger partial charge in [0.25, 0.3) is 0 Å². The predicted octanol–water partition coefficient (Wildman–Crippen LogP) is 0.899. The van der Waals surface area contributed by atoms with Crippen molar-refractivity contribution in [3.63, 3.8) is 0 Å². The first-order chi connectivity index (χ1) is 0. The Morgan fingerprint density at radius 2 is 0.750 bits per heavy atom. The first-order valence-electron chi connectivity index (χ1n) is 0. The zero-order valence-electron chi connectivity index (χ0n) is 2.02. The molecule has 0 saturated heterocycles. The van der Waals surface area contributed by atoms with Gasteiger partial charge in [-0.3, -0.25) is 0 Å². The Bertz CT molecular complexity index is 6.00. The topological polar surface area (TPSA) is 0 Å². The van der Waals surface area contributed by atoms with Crippen molar-refractivity contribution in [3.05, 3.63) is 0 Å². The smallest absolute Gasteiger partial charge is 0 e. The first-order valence-corrected chi connectivity index (χ1v) is 0. The molecular formula is H5Cl2PZr. The van der Waals surface area contributed by atoms with E-state index in [0.29, 0.717) is 0 Å². The predicted molar refractivity (Wildman–Crippen MR) is 25.6 cm³/mol. The van der Waals surface area contributed by atoms with Crippen molar-refractivity contribution in [2.45, 2.75) is 0 Å². The molecule has 0 aromatic rings. The second-order valence-electron chi connectivity index (χ2n) is 0. The third-order valence-electron chi connectivity index (χ3n) is 0. The van der Waals surface area contributed by atoms with Crippen LogP contribution in [-0.4, -0.2) is 0 Å². The molecule has 0 spiro atoms. The van der Waals surface area contributed by atoms with E-state index in [2.05, 4.69) is 0 Å². The van der Waals surface area contributed by atoms with Gasteiger partial charge < -0.3 is 0 Å². The molecule has 0 saturated carbocycles. The minimum Gasteiger partial charge on any atom is -0.153 e. The van der Waals surface area contributed by atoms with Crippen molar-refractivity contribution in [1.82, 2.24) is 0 Å². The zero-order valence-corrected chi connectivity index (χ0v) is 7.53. The van der Waals surface area contributed by atoms with Gasteiger partial charge >= 0.3 is 0 Å². The second-order valence-corrected chi connectivity index (χ2v) is 0. The fourth-order valence-corrected chi connectivity index (χ4v) is 0. The van der Waals surface area contributed by atoms with E-state index in [4.69, 9.17) is 0 Å². The molecule has 1 atom stereocenters. The zero-order chi connectivity index (χ0) is 0. The molecule has 0 heterocycles. The van der Waals surface area contributed by atoms with Crippen molar-refractivity contribution in [2.24, 2.45) is 0 Å². The molecule has 0 N–H and O–H groups in total. The number of hydrogen-bond donors (Lipinski definition) is 0. The molecule has 0 aliphatic carbocycles. The van der Waals surface area contributed by atoms with Gasteiger partial charge in [0.2, 0.25) is 0 Å². The summed E-state index contributed by atoms with van der Waals surface area (Å²) in [6.07, 6.45) is 0. The summed E-state index contributed by atoms with van der Waals surface area (Å²) in [5.74, 6) is 0. The van der Waals surface area contributed by atoms with Crippen LogP contribution in [0.1, 0.15) is 0 Å². The molecule has 0 amide bonds. The summed E-state index contributed by atoms with van der Waals surface area (Å²) in [7, 11) is 0. The van der Waals surface area contributed by atoms with Gasteiger partial charge in [-0.25, -0.2) is 0 Å². The minimum absolute atomic E-state index is 0. The van der Waals surface area contributed by atoms with Gasteiger partial charge in [0.05, 0.1) is 0 Å². The Labute approximate surface area is 60.7 Å². The molecule has 0 bridgehead atoms. The molecule has 0 aliphatic heterocycles. The van der Waals surface area contributed by atoms with E-state index < -0.39 is 0 Å². The molecule has 0 aromatic carbocycles. The number of halogens is 2. The van der Waals surface area contributed by atoms with Crippen LogP contribution in [0.2, 0.25) is 0 Å². The molecule has 0 rings (SSSR count). The summed E-state index contributed by atoms with van der Waals surface area (Å²) < 4.78 is 0. The number of rotatable bonds is 0. The van der Waals surface area contributed by atoms with Gasteiger partial charge in [-0.05, 0) is 0 Å². The standard InChI is InChI=1S/2ClH.H3P.Zr/h2*1H;1H3;. The molecule has 4 heavy (non-hydrogen) atoms. The van der Waals surface area contributed by atoms with Crippen molar-refractivity contribution in [3.8, 4) is 0 Å². The molecule has 0 aliphatic rings. The molecule has 0 radical (unpaired) electrons. The van der Waals surface area contributed by atoms with E-state index in [1.807, 2.05) is 0 Å². The normalized spacial score (nSPS) is 0. The Hall–Kier alpha value is 1.89. The maximum atomic E-state index is 0. The van der Waals surface area contributed by atoms with Crippen LogP contribution >= 0.6 is 34.7 Å². The molecule has 0 aromatic heterocycles. The van der Waals surface area contributed by atoms with Gasteiger partial charge in [0, 0.05) is 26.2 Å². The van der Waals surface area contributed by atoms with E-state index in [9.17, 15) is 0 Å². The largest absolute Gasteiger partial charge is 0.153 e. The third-order valence-corrected chi connectivity index (χ3v) is 0. The van der Waals surface area contributed by atoms with Crippen LogP contribution in [0.5, 0.6) is 0 Å². The average Bonchev–Trinajstić information content (AvgIpc) is 0. The molecular weight excluding hydrogens is 193 g/mol. The molecule has 0 fully saturated rings. The molecule has 4 heteroatoms. The van der Waals surface area contributed by atoms with Gasteiger partial charge in [0.1, 0.15) is 0 Å². The Morgan fingerprint density at radius 1 is 0.750 bits per heavy atom. The van der Waals surface area contributed by atoms with Crippen LogP contribution in [0.3, 0.4) is 0 Å². The third kappa shape index (κ3) is 9.09. The molecule has 28 valence electrons. The Kier molecular flexibility index (Phi) is 204. The summed E-state index contributed by atoms with van der Waals surface area (Å²) in [5.41, 5.74) is 0. The van der Waals surface area contributed by atoms with Crippen LogP contribution in [0, 0.1) is 0 Å². The van der Waals surface area contributed by atoms with Crippen LogP contribution in [0.25, 0.3) is 0 Å². The van der Waals surface area contributed by atoms with Crippen molar-refractivity contribution >= 4 is 34.7 Å². The average molecular weight is 198 g/mol. The van der Waals surface area contributed by atoms with Gasteiger partial charge in [-0.2, -0.15) is 9.90 Å². The maximum Gasteiger partial charge on any atom is 0 e. The van der Waals surface area contributed by atoms with Crippen molar-refractivity contribution < 1.29 is 26.2 Å². The van der Waals surface area contributed by atoms with E-state index >= 15 is 0 Å². The van der Waals surface area contributed by atoms with Crippen LogP contribution in [-0.2, 0) is 26.2 Å². The summed E-state index contributed by atoms with van der Waals surface area (Å²) in [6, 6.07) is 0.